The average Bonchev–Trinajstić information content (AvgIpc) is 2.55. The molecule has 2 aromatic heterocycles. The van der Waals surface area contributed by atoms with E-state index in [0.29, 0.717) is 12.1 Å². The summed E-state index contributed by atoms with van der Waals surface area (Å²) in [5.74, 6) is 0.150. The van der Waals surface area contributed by atoms with Crippen molar-refractivity contribution in [3.8, 4) is 0 Å². The molecule has 0 aliphatic carbocycles. The molecule has 1 aliphatic rings. The van der Waals surface area contributed by atoms with Crippen LogP contribution in [0.25, 0.3) is 0 Å². The number of amides is 1. The first-order chi connectivity index (χ1) is 10.6. The summed E-state index contributed by atoms with van der Waals surface area (Å²) in [7, 11) is 0. The van der Waals surface area contributed by atoms with Gasteiger partial charge in [-0.15, -0.1) is 0 Å². The van der Waals surface area contributed by atoms with E-state index in [2.05, 4.69) is 15.0 Å². The number of carbonyl (C=O) groups excluding carboxylic acids is 1. The second-order valence-electron chi connectivity index (χ2n) is 5.56. The Balaban J connectivity index is 1.80. The molecule has 1 N–H and O–H groups in total. The Kier molecular flexibility index (Phi) is 4.00. The normalized spacial score (nSPS) is 18.2. The summed E-state index contributed by atoms with van der Waals surface area (Å²) in [4.78, 5) is 36.5. The summed E-state index contributed by atoms with van der Waals surface area (Å²) in [6.07, 6.45) is 5.07. The topological polar surface area (TPSA) is 79.0 Å². The van der Waals surface area contributed by atoms with Crippen LogP contribution in [-0.4, -0.2) is 38.8 Å². The van der Waals surface area contributed by atoms with E-state index in [-0.39, 0.29) is 17.5 Å². The van der Waals surface area contributed by atoms with Gasteiger partial charge < -0.3 is 9.88 Å². The van der Waals surface area contributed by atoms with Crippen molar-refractivity contribution in [1.29, 1.82) is 0 Å². The molecule has 114 valence electrons. The molecule has 0 unspecified atom stereocenters. The summed E-state index contributed by atoms with van der Waals surface area (Å²) >= 11 is 0. The molecule has 1 amide bonds. The quantitative estimate of drug-likeness (QED) is 0.911. The van der Waals surface area contributed by atoms with Crippen LogP contribution in [-0.2, 0) is 0 Å². The van der Waals surface area contributed by atoms with Gasteiger partial charge in [-0.3, -0.25) is 9.78 Å². The van der Waals surface area contributed by atoms with Crippen LogP contribution in [0.5, 0.6) is 0 Å². The van der Waals surface area contributed by atoms with E-state index in [1.807, 2.05) is 24.0 Å². The Morgan fingerprint density at radius 2 is 2.18 bits per heavy atom. The number of nitrogens with zero attached hydrogens (tertiary/aromatic N) is 3. The molecule has 0 spiro atoms. The Hall–Kier alpha value is -2.50. The van der Waals surface area contributed by atoms with Crippen molar-refractivity contribution >= 4 is 5.91 Å². The van der Waals surface area contributed by atoms with Crippen LogP contribution in [0.4, 0.5) is 0 Å². The number of nitrogens with one attached hydrogen (secondary N) is 1. The number of rotatable bonds is 2. The van der Waals surface area contributed by atoms with Gasteiger partial charge in [0, 0.05) is 42.8 Å². The SMILES string of the molecule is Cc1ncccc1C(=O)N1CCC[C@H](c2ccnc(=O)[nH]2)C1. The van der Waals surface area contributed by atoms with Crippen LogP contribution < -0.4 is 5.69 Å². The van der Waals surface area contributed by atoms with E-state index in [1.165, 1.54) is 6.20 Å². The number of aromatic amines is 1. The van der Waals surface area contributed by atoms with Crippen molar-refractivity contribution in [2.75, 3.05) is 13.1 Å². The molecule has 1 atom stereocenters. The summed E-state index contributed by atoms with van der Waals surface area (Å²) in [6, 6.07) is 5.40. The van der Waals surface area contributed by atoms with Crippen molar-refractivity contribution in [2.24, 2.45) is 0 Å². The Bertz CT molecular complexity index is 741. The van der Waals surface area contributed by atoms with Gasteiger partial charge in [-0.1, -0.05) is 0 Å². The van der Waals surface area contributed by atoms with Gasteiger partial charge in [-0.2, -0.15) is 0 Å². The molecule has 22 heavy (non-hydrogen) atoms. The van der Waals surface area contributed by atoms with Crippen LogP contribution in [0.2, 0.25) is 0 Å². The molecule has 0 bridgehead atoms. The molecule has 1 fully saturated rings. The van der Waals surface area contributed by atoms with Gasteiger partial charge in [-0.25, -0.2) is 9.78 Å². The smallest absolute Gasteiger partial charge is 0.338 e. The molecule has 3 rings (SSSR count). The Labute approximate surface area is 128 Å². The van der Waals surface area contributed by atoms with Crippen LogP contribution in [0.15, 0.2) is 35.4 Å². The standard InChI is InChI=1S/C16H18N4O2/c1-11-13(5-2-7-17-11)15(21)20-9-3-4-12(10-20)14-6-8-18-16(22)19-14/h2,5-8,12H,3-4,9-10H2,1H3,(H,18,19,22)/t12-/m0/s1. The minimum absolute atomic E-state index is 0.00621. The molecular formula is C16H18N4O2. The molecule has 2 aromatic rings. The van der Waals surface area contributed by atoms with Crippen molar-refractivity contribution in [3.05, 3.63) is 58.0 Å². The van der Waals surface area contributed by atoms with Gasteiger partial charge in [0.25, 0.3) is 5.91 Å². The number of H-pyrrole nitrogens is 1. The minimum atomic E-state index is -0.343. The zero-order valence-corrected chi connectivity index (χ0v) is 12.5. The lowest BCUT2D eigenvalue weighted by molar-refractivity contribution is 0.0704. The molecule has 0 aromatic carbocycles. The summed E-state index contributed by atoms with van der Waals surface area (Å²) in [5.41, 5.74) is 1.89. The third kappa shape index (κ3) is 2.90. The molecular weight excluding hydrogens is 280 g/mol. The second-order valence-corrected chi connectivity index (χ2v) is 5.56. The Morgan fingerprint density at radius 3 is 2.95 bits per heavy atom. The minimum Gasteiger partial charge on any atom is -0.338 e. The van der Waals surface area contributed by atoms with Crippen molar-refractivity contribution < 1.29 is 4.79 Å². The molecule has 0 saturated carbocycles. The molecule has 6 heteroatoms. The monoisotopic (exact) mass is 298 g/mol. The molecule has 1 aliphatic heterocycles. The van der Waals surface area contributed by atoms with Crippen LogP contribution in [0.1, 0.15) is 40.5 Å². The predicted octanol–water partition coefficient (Wildman–Crippen LogP) is 1.49. The summed E-state index contributed by atoms with van der Waals surface area (Å²) in [6.45, 7) is 3.18. The first kappa shape index (κ1) is 14.4. The van der Waals surface area contributed by atoms with E-state index in [1.54, 1.807) is 12.3 Å². The van der Waals surface area contributed by atoms with E-state index >= 15 is 0 Å². The number of pyridine rings is 1. The molecule has 6 nitrogen and oxygen atoms in total. The fourth-order valence-electron chi connectivity index (χ4n) is 2.92. The lowest BCUT2D eigenvalue weighted by atomic mass is 9.94. The average molecular weight is 298 g/mol. The first-order valence-corrected chi connectivity index (χ1v) is 7.41. The van der Waals surface area contributed by atoms with Crippen LogP contribution in [0, 0.1) is 6.92 Å². The van der Waals surface area contributed by atoms with Gasteiger partial charge >= 0.3 is 5.69 Å². The maximum atomic E-state index is 12.7. The van der Waals surface area contributed by atoms with E-state index in [9.17, 15) is 9.59 Å². The summed E-state index contributed by atoms with van der Waals surface area (Å²) < 4.78 is 0. The first-order valence-electron chi connectivity index (χ1n) is 7.41. The molecule has 1 saturated heterocycles. The third-order valence-electron chi connectivity index (χ3n) is 4.08. The largest absolute Gasteiger partial charge is 0.345 e. The van der Waals surface area contributed by atoms with Gasteiger partial charge in [0.15, 0.2) is 0 Å². The highest BCUT2D eigenvalue weighted by molar-refractivity contribution is 5.95. The second kappa shape index (κ2) is 6.09. The third-order valence-corrected chi connectivity index (χ3v) is 4.08. The highest BCUT2D eigenvalue weighted by Crippen LogP contribution is 2.26. The van der Waals surface area contributed by atoms with Gasteiger partial charge in [-0.05, 0) is 38.0 Å². The van der Waals surface area contributed by atoms with E-state index < -0.39 is 0 Å². The highest BCUT2D eigenvalue weighted by atomic mass is 16.2. The van der Waals surface area contributed by atoms with Crippen molar-refractivity contribution in [1.82, 2.24) is 19.9 Å². The number of hydrogen-bond acceptors (Lipinski definition) is 4. The number of carbonyl (C=O) groups is 1. The number of aryl methyl sites for hydroxylation is 1. The lowest BCUT2D eigenvalue weighted by Crippen LogP contribution is -2.40. The molecule has 3 heterocycles. The van der Waals surface area contributed by atoms with E-state index in [4.69, 9.17) is 0 Å². The van der Waals surface area contributed by atoms with Crippen molar-refractivity contribution in [3.63, 3.8) is 0 Å². The maximum Gasteiger partial charge on any atom is 0.345 e. The van der Waals surface area contributed by atoms with Crippen molar-refractivity contribution in [2.45, 2.75) is 25.7 Å². The summed E-state index contributed by atoms with van der Waals surface area (Å²) in [5, 5.41) is 0. The number of likely N-dealkylation sites (tertiary alicyclic amines) is 1. The van der Waals surface area contributed by atoms with Crippen LogP contribution in [0.3, 0.4) is 0 Å². The van der Waals surface area contributed by atoms with Gasteiger partial charge in [0.05, 0.1) is 5.56 Å². The van der Waals surface area contributed by atoms with Crippen LogP contribution >= 0.6 is 0 Å². The molecule has 0 radical (unpaired) electrons. The number of piperidine rings is 1. The lowest BCUT2D eigenvalue weighted by Gasteiger charge is -2.33. The number of hydrogen-bond donors (Lipinski definition) is 1. The van der Waals surface area contributed by atoms with E-state index in [0.717, 1.165) is 30.8 Å². The zero-order chi connectivity index (χ0) is 15.5. The zero-order valence-electron chi connectivity index (χ0n) is 12.5. The highest BCUT2D eigenvalue weighted by Gasteiger charge is 2.26. The fraction of sp³-hybridized carbons (Fsp3) is 0.375. The Morgan fingerprint density at radius 1 is 1.32 bits per heavy atom. The fourth-order valence-corrected chi connectivity index (χ4v) is 2.92. The number of aromatic nitrogens is 3. The maximum absolute atomic E-state index is 12.7. The van der Waals surface area contributed by atoms with Gasteiger partial charge in [0.2, 0.25) is 0 Å². The predicted molar refractivity (Wildman–Crippen MR) is 81.7 cm³/mol. The van der Waals surface area contributed by atoms with Gasteiger partial charge in [0.1, 0.15) is 0 Å².